The van der Waals surface area contributed by atoms with Gasteiger partial charge in [-0.15, -0.1) is 0 Å². The molecule has 1 amide bonds. The van der Waals surface area contributed by atoms with Crippen molar-refractivity contribution in [3.05, 3.63) is 17.5 Å². The van der Waals surface area contributed by atoms with E-state index in [1.165, 1.54) is 0 Å². The van der Waals surface area contributed by atoms with E-state index in [9.17, 15) is 4.79 Å². The zero-order valence-electron chi connectivity index (χ0n) is 11.1. The second-order valence-electron chi connectivity index (χ2n) is 4.10. The Hall–Kier alpha value is -0.880. The van der Waals surface area contributed by atoms with Crippen molar-refractivity contribution in [3.63, 3.8) is 0 Å². The fraction of sp³-hybridized carbons (Fsp3) is 0.667. The SMILES string of the molecule is CCc1cc(C(=O)NCCC(Br)COC)n(C)n1. The highest BCUT2D eigenvalue weighted by Gasteiger charge is 2.12. The van der Waals surface area contributed by atoms with Crippen LogP contribution in [0.15, 0.2) is 6.07 Å². The van der Waals surface area contributed by atoms with Gasteiger partial charge in [0.15, 0.2) is 0 Å². The van der Waals surface area contributed by atoms with Crippen molar-refractivity contribution in [3.8, 4) is 0 Å². The van der Waals surface area contributed by atoms with Crippen molar-refractivity contribution in [2.75, 3.05) is 20.3 Å². The number of methoxy groups -OCH3 is 1. The summed E-state index contributed by atoms with van der Waals surface area (Å²) in [5.41, 5.74) is 1.53. The molecule has 1 rings (SSSR count). The van der Waals surface area contributed by atoms with E-state index in [2.05, 4.69) is 26.3 Å². The largest absolute Gasteiger partial charge is 0.384 e. The first-order valence-corrected chi connectivity index (χ1v) is 6.94. The molecule has 0 aliphatic rings. The third-order valence-electron chi connectivity index (χ3n) is 2.62. The van der Waals surface area contributed by atoms with E-state index >= 15 is 0 Å². The molecule has 0 aliphatic heterocycles. The third-order valence-corrected chi connectivity index (χ3v) is 3.34. The minimum absolute atomic E-state index is 0.0817. The summed E-state index contributed by atoms with van der Waals surface area (Å²) in [7, 11) is 3.45. The number of hydrogen-bond acceptors (Lipinski definition) is 3. The second-order valence-corrected chi connectivity index (χ2v) is 5.39. The summed E-state index contributed by atoms with van der Waals surface area (Å²) in [6, 6.07) is 1.83. The number of ether oxygens (including phenoxy) is 1. The fourth-order valence-corrected chi connectivity index (χ4v) is 2.10. The summed E-state index contributed by atoms with van der Waals surface area (Å²) in [4.78, 5) is 12.2. The van der Waals surface area contributed by atoms with Gasteiger partial charge < -0.3 is 10.1 Å². The van der Waals surface area contributed by atoms with Gasteiger partial charge in [-0.2, -0.15) is 5.10 Å². The summed E-state index contributed by atoms with van der Waals surface area (Å²) >= 11 is 3.48. The van der Waals surface area contributed by atoms with E-state index in [4.69, 9.17) is 4.74 Å². The van der Waals surface area contributed by atoms with Crippen molar-refractivity contribution in [1.82, 2.24) is 15.1 Å². The van der Waals surface area contributed by atoms with Crippen molar-refractivity contribution >= 4 is 21.8 Å². The van der Waals surface area contributed by atoms with Gasteiger partial charge in [-0.05, 0) is 18.9 Å². The molecule has 102 valence electrons. The first-order chi connectivity index (χ1) is 8.58. The molecule has 0 aromatic carbocycles. The van der Waals surface area contributed by atoms with Crippen LogP contribution < -0.4 is 5.32 Å². The molecule has 1 aromatic heterocycles. The van der Waals surface area contributed by atoms with Gasteiger partial charge in [-0.1, -0.05) is 22.9 Å². The van der Waals surface area contributed by atoms with Gasteiger partial charge in [0.05, 0.1) is 12.3 Å². The van der Waals surface area contributed by atoms with E-state index in [0.717, 1.165) is 18.5 Å². The Bertz CT molecular complexity index is 393. The highest BCUT2D eigenvalue weighted by molar-refractivity contribution is 9.09. The van der Waals surface area contributed by atoms with Crippen LogP contribution in [0.25, 0.3) is 0 Å². The van der Waals surface area contributed by atoms with Crippen LogP contribution in [-0.4, -0.2) is 40.8 Å². The number of aryl methyl sites for hydroxylation is 2. The highest BCUT2D eigenvalue weighted by Crippen LogP contribution is 2.06. The first-order valence-electron chi connectivity index (χ1n) is 6.02. The molecule has 1 unspecified atom stereocenters. The summed E-state index contributed by atoms with van der Waals surface area (Å²) in [5, 5.41) is 7.13. The molecule has 1 N–H and O–H groups in total. The number of aromatic nitrogens is 2. The molecule has 0 radical (unpaired) electrons. The van der Waals surface area contributed by atoms with Gasteiger partial charge in [0.1, 0.15) is 5.69 Å². The quantitative estimate of drug-likeness (QED) is 0.776. The van der Waals surface area contributed by atoms with Crippen molar-refractivity contribution in [2.45, 2.75) is 24.6 Å². The molecular formula is C12H20BrN3O2. The Morgan fingerprint density at radius 3 is 2.94 bits per heavy atom. The van der Waals surface area contributed by atoms with Crippen molar-refractivity contribution in [2.24, 2.45) is 7.05 Å². The summed E-state index contributed by atoms with van der Waals surface area (Å²) in [6.07, 6.45) is 1.66. The van der Waals surface area contributed by atoms with E-state index in [1.54, 1.807) is 18.8 Å². The number of nitrogens with one attached hydrogen (secondary N) is 1. The van der Waals surface area contributed by atoms with E-state index in [-0.39, 0.29) is 10.7 Å². The smallest absolute Gasteiger partial charge is 0.269 e. The Kier molecular flexibility index (Phi) is 6.35. The van der Waals surface area contributed by atoms with Crippen LogP contribution in [0.3, 0.4) is 0 Å². The van der Waals surface area contributed by atoms with E-state index in [0.29, 0.717) is 18.8 Å². The summed E-state index contributed by atoms with van der Waals surface area (Å²) in [5.74, 6) is -0.0817. The topological polar surface area (TPSA) is 56.1 Å². The van der Waals surface area contributed by atoms with Crippen LogP contribution in [0, 0.1) is 0 Å². The lowest BCUT2D eigenvalue weighted by molar-refractivity contribution is 0.0942. The summed E-state index contributed by atoms with van der Waals surface area (Å²) < 4.78 is 6.63. The Labute approximate surface area is 116 Å². The van der Waals surface area contributed by atoms with E-state index < -0.39 is 0 Å². The van der Waals surface area contributed by atoms with Crippen LogP contribution in [0.2, 0.25) is 0 Å². The lowest BCUT2D eigenvalue weighted by atomic mass is 10.3. The van der Waals surface area contributed by atoms with Gasteiger partial charge in [-0.3, -0.25) is 9.48 Å². The molecule has 0 saturated heterocycles. The van der Waals surface area contributed by atoms with Gasteiger partial charge in [-0.25, -0.2) is 0 Å². The minimum atomic E-state index is -0.0817. The molecule has 1 atom stereocenters. The highest BCUT2D eigenvalue weighted by atomic mass is 79.9. The molecular weight excluding hydrogens is 298 g/mol. The molecule has 1 aromatic rings. The van der Waals surface area contributed by atoms with Crippen LogP contribution >= 0.6 is 15.9 Å². The molecule has 18 heavy (non-hydrogen) atoms. The number of rotatable bonds is 7. The van der Waals surface area contributed by atoms with Crippen LogP contribution in [0.1, 0.15) is 29.5 Å². The monoisotopic (exact) mass is 317 g/mol. The lowest BCUT2D eigenvalue weighted by Gasteiger charge is -2.09. The Morgan fingerprint density at radius 2 is 2.39 bits per heavy atom. The predicted octanol–water partition coefficient (Wildman–Crippen LogP) is 1.51. The number of carbonyl (C=O) groups is 1. The predicted molar refractivity (Wildman–Crippen MR) is 74.1 cm³/mol. The van der Waals surface area contributed by atoms with Crippen molar-refractivity contribution in [1.29, 1.82) is 0 Å². The molecule has 5 nitrogen and oxygen atoms in total. The van der Waals surface area contributed by atoms with Crippen LogP contribution in [-0.2, 0) is 18.2 Å². The zero-order valence-corrected chi connectivity index (χ0v) is 12.7. The average molecular weight is 318 g/mol. The molecule has 0 aliphatic carbocycles. The number of nitrogens with zero attached hydrogens (tertiary/aromatic N) is 2. The van der Waals surface area contributed by atoms with Crippen molar-refractivity contribution < 1.29 is 9.53 Å². The van der Waals surface area contributed by atoms with Gasteiger partial charge in [0.2, 0.25) is 0 Å². The van der Waals surface area contributed by atoms with Crippen LogP contribution in [0.5, 0.6) is 0 Å². The average Bonchev–Trinajstić information content (AvgIpc) is 2.71. The van der Waals surface area contributed by atoms with Gasteiger partial charge in [0, 0.05) is 25.5 Å². The molecule has 0 fully saturated rings. The maximum Gasteiger partial charge on any atom is 0.269 e. The van der Waals surface area contributed by atoms with E-state index in [1.807, 2.05) is 13.0 Å². The standard InChI is InChI=1S/C12H20BrN3O2/c1-4-10-7-11(16(2)15-10)12(17)14-6-5-9(13)8-18-3/h7,9H,4-6,8H2,1-3H3,(H,14,17). The molecule has 0 bridgehead atoms. The maximum absolute atomic E-state index is 11.9. The summed E-state index contributed by atoms with van der Waals surface area (Å²) in [6.45, 7) is 3.27. The number of carbonyl (C=O) groups excluding carboxylic acids is 1. The van der Waals surface area contributed by atoms with Crippen LogP contribution in [0.4, 0.5) is 0 Å². The fourth-order valence-electron chi connectivity index (χ4n) is 1.61. The molecule has 0 spiro atoms. The lowest BCUT2D eigenvalue weighted by Crippen LogP contribution is -2.28. The van der Waals surface area contributed by atoms with Gasteiger partial charge in [0.25, 0.3) is 5.91 Å². The molecule has 6 heteroatoms. The van der Waals surface area contributed by atoms with Gasteiger partial charge >= 0.3 is 0 Å². The molecule has 1 heterocycles. The number of amides is 1. The normalized spacial score (nSPS) is 12.4. The Morgan fingerprint density at radius 1 is 1.67 bits per heavy atom. The second kappa shape index (κ2) is 7.53. The number of hydrogen-bond donors (Lipinski definition) is 1. The maximum atomic E-state index is 11.9. The zero-order chi connectivity index (χ0) is 13.5. The number of alkyl halides is 1. The minimum Gasteiger partial charge on any atom is -0.384 e. The molecule has 0 saturated carbocycles. The first kappa shape index (κ1) is 15.2. The number of halogens is 1. The Balaban J connectivity index is 2.43. The third kappa shape index (κ3) is 4.42.